The van der Waals surface area contributed by atoms with Crippen LogP contribution in [0.15, 0.2) is 42.5 Å². The molecule has 0 heterocycles. The first-order chi connectivity index (χ1) is 9.08. The van der Waals surface area contributed by atoms with Crippen LogP contribution in [0, 0.1) is 5.82 Å². The third kappa shape index (κ3) is 3.69. The second-order valence-electron chi connectivity index (χ2n) is 4.37. The van der Waals surface area contributed by atoms with E-state index in [0.717, 1.165) is 5.56 Å². The molecule has 4 heteroatoms. The maximum absolute atomic E-state index is 13.5. The van der Waals surface area contributed by atoms with Gasteiger partial charge in [0, 0.05) is 18.2 Å². The average molecular weight is 298 g/mol. The molecular weight excluding hydrogens is 284 g/mol. The summed E-state index contributed by atoms with van der Waals surface area (Å²) in [5.41, 5.74) is 1.67. The van der Waals surface area contributed by atoms with E-state index in [1.54, 1.807) is 18.2 Å². The number of benzene rings is 2. The van der Waals surface area contributed by atoms with Gasteiger partial charge in [-0.05, 0) is 30.7 Å². The minimum Gasteiger partial charge on any atom is -0.306 e. The van der Waals surface area contributed by atoms with Crippen molar-refractivity contribution in [3.8, 4) is 0 Å². The third-order valence-electron chi connectivity index (χ3n) is 3.00. The molecule has 19 heavy (non-hydrogen) atoms. The first-order valence-corrected chi connectivity index (χ1v) is 6.75. The van der Waals surface area contributed by atoms with Crippen LogP contribution in [0.1, 0.15) is 24.1 Å². The standard InChI is InChI=1S/C15H14Cl2FN/c1-10(11-6-7-13(16)14(17)8-11)19-9-12-4-2-3-5-15(12)18/h2-8,10,19H,9H2,1H3. The fraction of sp³-hybridized carbons (Fsp3) is 0.200. The normalized spacial score (nSPS) is 12.4. The first-order valence-electron chi connectivity index (χ1n) is 5.99. The SMILES string of the molecule is CC(NCc1ccccc1F)c1ccc(Cl)c(Cl)c1. The minimum absolute atomic E-state index is 0.0642. The van der Waals surface area contributed by atoms with Gasteiger partial charge in [0.2, 0.25) is 0 Å². The van der Waals surface area contributed by atoms with Gasteiger partial charge in [0.25, 0.3) is 0 Å². The van der Waals surface area contributed by atoms with Gasteiger partial charge in [-0.15, -0.1) is 0 Å². The molecular formula is C15H14Cl2FN. The number of halogens is 3. The Bertz CT molecular complexity index is 572. The second kappa shape index (κ2) is 6.38. The monoisotopic (exact) mass is 297 g/mol. The molecule has 2 aromatic rings. The van der Waals surface area contributed by atoms with Crippen LogP contribution in [-0.4, -0.2) is 0 Å². The highest BCUT2D eigenvalue weighted by molar-refractivity contribution is 6.42. The van der Waals surface area contributed by atoms with Crippen molar-refractivity contribution in [3.05, 3.63) is 69.5 Å². The van der Waals surface area contributed by atoms with Crippen LogP contribution in [0.5, 0.6) is 0 Å². The predicted molar refractivity (Wildman–Crippen MR) is 78.1 cm³/mol. The molecule has 0 aliphatic carbocycles. The summed E-state index contributed by atoms with van der Waals surface area (Å²) in [6, 6.07) is 12.3. The van der Waals surface area contributed by atoms with E-state index < -0.39 is 0 Å². The van der Waals surface area contributed by atoms with Crippen molar-refractivity contribution < 1.29 is 4.39 Å². The van der Waals surface area contributed by atoms with Gasteiger partial charge in [0.05, 0.1) is 10.0 Å². The second-order valence-corrected chi connectivity index (χ2v) is 5.18. The molecule has 0 aliphatic rings. The molecule has 2 rings (SSSR count). The van der Waals surface area contributed by atoms with Gasteiger partial charge < -0.3 is 5.32 Å². The lowest BCUT2D eigenvalue weighted by Crippen LogP contribution is -2.18. The summed E-state index contributed by atoms with van der Waals surface area (Å²) < 4.78 is 13.5. The maximum atomic E-state index is 13.5. The van der Waals surface area contributed by atoms with Crippen molar-refractivity contribution in [1.29, 1.82) is 0 Å². The summed E-state index contributed by atoms with van der Waals surface area (Å²) in [4.78, 5) is 0. The quantitative estimate of drug-likeness (QED) is 0.839. The molecule has 1 N–H and O–H groups in total. The summed E-state index contributed by atoms with van der Waals surface area (Å²) in [5.74, 6) is -0.198. The van der Waals surface area contributed by atoms with Gasteiger partial charge in [-0.3, -0.25) is 0 Å². The van der Waals surface area contributed by atoms with Crippen molar-refractivity contribution in [1.82, 2.24) is 5.32 Å². The molecule has 0 saturated carbocycles. The lowest BCUT2D eigenvalue weighted by atomic mass is 10.1. The molecule has 0 aliphatic heterocycles. The number of hydrogen-bond acceptors (Lipinski definition) is 1. The lowest BCUT2D eigenvalue weighted by molar-refractivity contribution is 0.544. The van der Waals surface area contributed by atoms with Gasteiger partial charge >= 0.3 is 0 Å². The molecule has 2 aromatic carbocycles. The van der Waals surface area contributed by atoms with Crippen LogP contribution < -0.4 is 5.32 Å². The fourth-order valence-electron chi connectivity index (χ4n) is 1.80. The largest absolute Gasteiger partial charge is 0.306 e. The van der Waals surface area contributed by atoms with Crippen LogP contribution in [0.3, 0.4) is 0 Å². The van der Waals surface area contributed by atoms with E-state index in [2.05, 4.69) is 5.32 Å². The number of nitrogens with one attached hydrogen (secondary N) is 1. The summed E-state index contributed by atoms with van der Waals surface area (Å²) in [6.45, 7) is 2.47. The average Bonchev–Trinajstić information content (AvgIpc) is 2.40. The molecule has 0 fully saturated rings. The highest BCUT2D eigenvalue weighted by atomic mass is 35.5. The van der Waals surface area contributed by atoms with E-state index in [0.29, 0.717) is 22.2 Å². The Morgan fingerprint density at radius 2 is 1.84 bits per heavy atom. The van der Waals surface area contributed by atoms with Gasteiger partial charge in [0.1, 0.15) is 5.82 Å². The molecule has 100 valence electrons. The van der Waals surface area contributed by atoms with Gasteiger partial charge in [-0.25, -0.2) is 4.39 Å². The minimum atomic E-state index is -0.198. The Balaban J connectivity index is 2.03. The molecule has 1 unspecified atom stereocenters. The van der Waals surface area contributed by atoms with Crippen molar-refractivity contribution in [2.45, 2.75) is 19.5 Å². The van der Waals surface area contributed by atoms with E-state index in [9.17, 15) is 4.39 Å². The van der Waals surface area contributed by atoms with E-state index in [1.165, 1.54) is 6.07 Å². The van der Waals surface area contributed by atoms with Crippen LogP contribution >= 0.6 is 23.2 Å². The molecule has 0 saturated heterocycles. The number of hydrogen-bond donors (Lipinski definition) is 1. The fourth-order valence-corrected chi connectivity index (χ4v) is 2.11. The van der Waals surface area contributed by atoms with Gasteiger partial charge in [0.15, 0.2) is 0 Å². The molecule has 0 aromatic heterocycles. The first kappa shape index (κ1) is 14.3. The van der Waals surface area contributed by atoms with Gasteiger partial charge in [-0.2, -0.15) is 0 Å². The Morgan fingerprint density at radius 1 is 1.11 bits per heavy atom. The molecule has 0 spiro atoms. The van der Waals surface area contributed by atoms with Crippen LogP contribution in [-0.2, 0) is 6.54 Å². The zero-order chi connectivity index (χ0) is 13.8. The highest BCUT2D eigenvalue weighted by Gasteiger charge is 2.08. The number of rotatable bonds is 4. The highest BCUT2D eigenvalue weighted by Crippen LogP contribution is 2.25. The lowest BCUT2D eigenvalue weighted by Gasteiger charge is -2.15. The molecule has 0 amide bonds. The molecule has 1 atom stereocenters. The van der Waals surface area contributed by atoms with Crippen molar-refractivity contribution >= 4 is 23.2 Å². The van der Waals surface area contributed by atoms with E-state index >= 15 is 0 Å². The molecule has 0 bridgehead atoms. The van der Waals surface area contributed by atoms with Crippen LogP contribution in [0.4, 0.5) is 4.39 Å². The molecule has 1 nitrogen and oxygen atoms in total. The van der Waals surface area contributed by atoms with E-state index in [4.69, 9.17) is 23.2 Å². The van der Waals surface area contributed by atoms with Gasteiger partial charge in [-0.1, -0.05) is 47.5 Å². The Kier molecular flexibility index (Phi) is 4.81. The van der Waals surface area contributed by atoms with Crippen LogP contribution in [0.25, 0.3) is 0 Å². The van der Waals surface area contributed by atoms with Crippen molar-refractivity contribution in [2.24, 2.45) is 0 Å². The Labute approximate surface area is 122 Å². The summed E-state index contributed by atoms with van der Waals surface area (Å²) in [5, 5.41) is 4.32. The van der Waals surface area contributed by atoms with E-state index in [1.807, 2.05) is 25.1 Å². The van der Waals surface area contributed by atoms with Crippen molar-refractivity contribution in [2.75, 3.05) is 0 Å². The summed E-state index contributed by atoms with van der Waals surface area (Å²) in [6.07, 6.45) is 0. The molecule has 0 radical (unpaired) electrons. The summed E-state index contributed by atoms with van der Waals surface area (Å²) in [7, 11) is 0. The predicted octanol–water partition coefficient (Wildman–Crippen LogP) is 4.98. The zero-order valence-corrected chi connectivity index (χ0v) is 12.0. The van der Waals surface area contributed by atoms with Crippen LogP contribution in [0.2, 0.25) is 10.0 Å². The smallest absolute Gasteiger partial charge is 0.127 e. The Hall–Kier alpha value is -1.09. The third-order valence-corrected chi connectivity index (χ3v) is 3.74. The van der Waals surface area contributed by atoms with Crippen molar-refractivity contribution in [3.63, 3.8) is 0 Å². The Morgan fingerprint density at radius 3 is 2.53 bits per heavy atom. The topological polar surface area (TPSA) is 12.0 Å². The maximum Gasteiger partial charge on any atom is 0.127 e. The summed E-state index contributed by atoms with van der Waals surface area (Å²) >= 11 is 11.9. The van der Waals surface area contributed by atoms with E-state index in [-0.39, 0.29) is 11.9 Å². The zero-order valence-electron chi connectivity index (χ0n) is 10.5.